The first kappa shape index (κ1) is 16.1. The molecular weight excluding hydrogens is 262 g/mol. The second-order valence-corrected chi connectivity index (χ2v) is 6.32. The fraction of sp³-hybridized carbons (Fsp3) is 0.765. The lowest BCUT2D eigenvalue weighted by Crippen LogP contribution is -2.21. The molecule has 118 valence electrons. The molecule has 0 radical (unpaired) electrons. The van der Waals surface area contributed by atoms with Crippen LogP contribution in [0.4, 0.5) is 5.82 Å². The molecule has 1 saturated carbocycles. The van der Waals surface area contributed by atoms with Gasteiger partial charge in [0.05, 0.1) is 5.56 Å². The van der Waals surface area contributed by atoms with Gasteiger partial charge in [-0.25, -0.2) is 4.98 Å². The van der Waals surface area contributed by atoms with Crippen LogP contribution in [0, 0.1) is 6.92 Å². The topological polar surface area (TPSA) is 47.0 Å². The maximum absolute atomic E-state index is 6.21. The summed E-state index contributed by atoms with van der Waals surface area (Å²) in [5, 5.41) is 3.40. The van der Waals surface area contributed by atoms with Crippen LogP contribution in [0.15, 0.2) is 0 Å². The quantitative estimate of drug-likeness (QED) is 0.841. The molecule has 1 fully saturated rings. The summed E-state index contributed by atoms with van der Waals surface area (Å²) in [6.45, 7) is 9.39. The van der Waals surface area contributed by atoms with Gasteiger partial charge >= 0.3 is 0 Å². The van der Waals surface area contributed by atoms with E-state index in [1.165, 1.54) is 19.3 Å². The zero-order valence-electron chi connectivity index (χ0n) is 13.9. The molecule has 0 spiro atoms. The zero-order valence-corrected chi connectivity index (χ0v) is 13.9. The van der Waals surface area contributed by atoms with E-state index in [4.69, 9.17) is 4.74 Å². The van der Waals surface area contributed by atoms with Gasteiger partial charge in [-0.2, -0.15) is 4.98 Å². The van der Waals surface area contributed by atoms with Gasteiger partial charge in [0.1, 0.15) is 17.7 Å². The lowest BCUT2D eigenvalue weighted by Gasteiger charge is -2.24. The van der Waals surface area contributed by atoms with Crippen molar-refractivity contribution in [3.05, 3.63) is 11.4 Å². The molecule has 0 unspecified atom stereocenters. The van der Waals surface area contributed by atoms with Crippen LogP contribution in [-0.2, 0) is 0 Å². The molecule has 1 aliphatic rings. The predicted octanol–water partition coefficient (Wildman–Crippen LogP) is 4.44. The van der Waals surface area contributed by atoms with Gasteiger partial charge in [0, 0.05) is 12.5 Å². The minimum atomic E-state index is 0.307. The van der Waals surface area contributed by atoms with Crippen molar-refractivity contribution in [2.45, 2.75) is 78.2 Å². The number of nitrogens with zero attached hydrogens (tertiary/aromatic N) is 2. The van der Waals surface area contributed by atoms with Crippen molar-refractivity contribution in [1.29, 1.82) is 0 Å². The molecule has 2 rings (SSSR count). The van der Waals surface area contributed by atoms with Gasteiger partial charge in [0.25, 0.3) is 0 Å². The van der Waals surface area contributed by atoms with Gasteiger partial charge in [0.15, 0.2) is 0 Å². The molecule has 4 nitrogen and oxygen atoms in total. The van der Waals surface area contributed by atoms with E-state index in [2.05, 4.69) is 43.0 Å². The monoisotopic (exact) mass is 291 g/mol. The average Bonchev–Trinajstić information content (AvgIpc) is 2.49. The maximum atomic E-state index is 6.21. The molecule has 0 aliphatic heterocycles. The van der Waals surface area contributed by atoms with Crippen LogP contribution in [0.3, 0.4) is 0 Å². The summed E-state index contributed by atoms with van der Waals surface area (Å²) in [4.78, 5) is 9.32. The second-order valence-electron chi connectivity index (χ2n) is 6.32. The van der Waals surface area contributed by atoms with Crippen molar-refractivity contribution in [2.75, 3.05) is 11.9 Å². The van der Waals surface area contributed by atoms with E-state index in [-0.39, 0.29) is 0 Å². The maximum Gasteiger partial charge on any atom is 0.222 e. The smallest absolute Gasteiger partial charge is 0.222 e. The Morgan fingerprint density at radius 1 is 1.19 bits per heavy atom. The van der Waals surface area contributed by atoms with Crippen molar-refractivity contribution in [1.82, 2.24) is 9.97 Å². The van der Waals surface area contributed by atoms with Crippen molar-refractivity contribution >= 4 is 5.82 Å². The first-order valence-electron chi connectivity index (χ1n) is 8.40. The number of anilines is 1. The molecule has 21 heavy (non-hydrogen) atoms. The first-order chi connectivity index (χ1) is 10.1. The van der Waals surface area contributed by atoms with Crippen molar-refractivity contribution < 1.29 is 4.74 Å². The van der Waals surface area contributed by atoms with Gasteiger partial charge in [-0.3, -0.25) is 0 Å². The summed E-state index contributed by atoms with van der Waals surface area (Å²) in [6.07, 6.45) is 7.59. The molecule has 4 heteroatoms. The Balaban J connectivity index is 2.22. The van der Waals surface area contributed by atoms with Crippen LogP contribution in [-0.4, -0.2) is 22.6 Å². The number of hydrogen-bond acceptors (Lipinski definition) is 4. The zero-order chi connectivity index (χ0) is 15.2. The Labute approximate surface area is 128 Å². The van der Waals surface area contributed by atoms with E-state index in [9.17, 15) is 0 Å². The highest BCUT2D eigenvalue weighted by Gasteiger charge is 2.19. The van der Waals surface area contributed by atoms with Crippen LogP contribution >= 0.6 is 0 Å². The molecule has 0 amide bonds. The van der Waals surface area contributed by atoms with Gasteiger partial charge < -0.3 is 10.1 Å². The number of rotatable bonds is 6. The van der Waals surface area contributed by atoms with Crippen molar-refractivity contribution in [3.8, 4) is 5.88 Å². The third-order valence-electron chi connectivity index (χ3n) is 4.01. The summed E-state index contributed by atoms with van der Waals surface area (Å²) in [7, 11) is 0. The molecule has 1 aromatic heterocycles. The van der Waals surface area contributed by atoms with Crippen molar-refractivity contribution in [3.63, 3.8) is 0 Å². The Hall–Kier alpha value is -1.32. The SMILES string of the molecule is CCCNc1nc(C(C)C)nc(OC2CCCCC2)c1C. The van der Waals surface area contributed by atoms with Gasteiger partial charge in [-0.15, -0.1) is 0 Å². The minimum Gasteiger partial charge on any atom is -0.474 e. The van der Waals surface area contributed by atoms with E-state index in [1.54, 1.807) is 0 Å². The molecule has 1 N–H and O–H groups in total. The molecule has 1 heterocycles. The summed E-state index contributed by atoms with van der Waals surface area (Å²) in [6, 6.07) is 0. The summed E-state index contributed by atoms with van der Waals surface area (Å²) in [5.74, 6) is 2.88. The van der Waals surface area contributed by atoms with Gasteiger partial charge in [0.2, 0.25) is 5.88 Å². The van der Waals surface area contributed by atoms with Crippen LogP contribution < -0.4 is 10.1 Å². The Morgan fingerprint density at radius 3 is 2.52 bits per heavy atom. The standard InChI is InChI=1S/C17H29N3O/c1-5-11-18-16-13(4)17(20-15(19-16)12(2)3)21-14-9-7-6-8-10-14/h12,14H,5-11H2,1-4H3,(H,18,19,20). The Bertz CT molecular complexity index is 454. The lowest BCUT2D eigenvalue weighted by molar-refractivity contribution is 0.147. The summed E-state index contributed by atoms with van der Waals surface area (Å²) < 4.78 is 6.21. The van der Waals surface area contributed by atoms with Crippen LogP contribution in [0.5, 0.6) is 5.88 Å². The number of hydrogen-bond donors (Lipinski definition) is 1. The van der Waals surface area contributed by atoms with Crippen LogP contribution in [0.1, 0.15) is 76.6 Å². The highest BCUT2D eigenvalue weighted by atomic mass is 16.5. The third kappa shape index (κ3) is 4.32. The van der Waals surface area contributed by atoms with Gasteiger partial charge in [-0.1, -0.05) is 27.2 Å². The van der Waals surface area contributed by atoms with Crippen LogP contribution in [0.25, 0.3) is 0 Å². The van der Waals surface area contributed by atoms with E-state index in [1.807, 2.05) is 0 Å². The summed E-state index contributed by atoms with van der Waals surface area (Å²) in [5.41, 5.74) is 1.04. The third-order valence-corrected chi connectivity index (χ3v) is 4.01. The highest BCUT2D eigenvalue weighted by Crippen LogP contribution is 2.28. The number of ether oxygens (including phenoxy) is 1. The fourth-order valence-electron chi connectivity index (χ4n) is 2.64. The average molecular weight is 291 g/mol. The molecular formula is C17H29N3O. The molecule has 0 aromatic carbocycles. The second kappa shape index (κ2) is 7.62. The first-order valence-corrected chi connectivity index (χ1v) is 8.40. The van der Waals surface area contributed by atoms with Gasteiger partial charge in [-0.05, 0) is 39.0 Å². The number of nitrogens with one attached hydrogen (secondary N) is 1. The van der Waals surface area contributed by atoms with E-state index < -0.39 is 0 Å². The molecule has 0 saturated heterocycles. The minimum absolute atomic E-state index is 0.307. The molecule has 1 aromatic rings. The predicted molar refractivity (Wildman–Crippen MR) is 87.1 cm³/mol. The molecule has 0 atom stereocenters. The van der Waals surface area contributed by atoms with Crippen molar-refractivity contribution in [2.24, 2.45) is 0 Å². The number of aromatic nitrogens is 2. The Morgan fingerprint density at radius 2 is 1.90 bits per heavy atom. The largest absolute Gasteiger partial charge is 0.474 e. The van der Waals surface area contributed by atoms with Crippen LogP contribution in [0.2, 0.25) is 0 Å². The lowest BCUT2D eigenvalue weighted by atomic mass is 9.98. The molecule has 1 aliphatic carbocycles. The van der Waals surface area contributed by atoms with E-state index in [0.717, 1.165) is 48.9 Å². The highest BCUT2D eigenvalue weighted by molar-refractivity contribution is 5.48. The molecule has 0 bridgehead atoms. The van der Waals surface area contributed by atoms with E-state index >= 15 is 0 Å². The normalized spacial score (nSPS) is 16.2. The fourth-order valence-corrected chi connectivity index (χ4v) is 2.64. The summed E-state index contributed by atoms with van der Waals surface area (Å²) >= 11 is 0. The Kier molecular flexibility index (Phi) is 5.83. The van der Waals surface area contributed by atoms with E-state index in [0.29, 0.717) is 12.0 Å².